The molecule has 0 aromatic carbocycles. The molecule has 1 aliphatic carbocycles. The van der Waals surface area contributed by atoms with Gasteiger partial charge < -0.3 is 15.2 Å². The lowest BCUT2D eigenvalue weighted by Gasteiger charge is -2.29. The van der Waals surface area contributed by atoms with Crippen molar-refractivity contribution in [3.8, 4) is 0 Å². The highest BCUT2D eigenvalue weighted by Crippen LogP contribution is 2.27. The molecule has 2 rings (SSSR count). The van der Waals surface area contributed by atoms with Crippen LogP contribution < -0.4 is 5.32 Å². The molecule has 1 amide bonds. The number of hydrogen-bond donors (Lipinski definition) is 2. The van der Waals surface area contributed by atoms with Crippen LogP contribution in [0, 0.1) is 0 Å². The molecule has 6 heteroatoms. The second kappa shape index (κ2) is 6.61. The molecule has 2 aliphatic rings. The monoisotopic (exact) mass is 287 g/mol. The van der Waals surface area contributed by atoms with Gasteiger partial charge in [0.2, 0.25) is 5.91 Å². The van der Waals surface area contributed by atoms with Gasteiger partial charge in [-0.15, -0.1) is 0 Å². The smallest absolute Gasteiger partial charge is 0.332 e. The molecule has 1 heterocycles. The molecule has 0 aromatic rings. The molecule has 4 atom stereocenters. The molecule has 1 saturated heterocycles. The maximum absolute atomic E-state index is 12.0. The van der Waals surface area contributed by atoms with Crippen LogP contribution in [0.15, 0.2) is 0 Å². The summed E-state index contributed by atoms with van der Waals surface area (Å²) in [7, 11) is 0. The van der Waals surface area contributed by atoms with E-state index in [1.807, 2.05) is 11.8 Å². The van der Waals surface area contributed by atoms with Crippen molar-refractivity contribution in [3.05, 3.63) is 0 Å². The van der Waals surface area contributed by atoms with Gasteiger partial charge in [0.1, 0.15) is 6.10 Å². The zero-order valence-corrected chi connectivity index (χ0v) is 11.9. The highest BCUT2D eigenvalue weighted by molar-refractivity contribution is 7.99. The fraction of sp³-hybridized carbons (Fsp3) is 0.846. The second-order valence-corrected chi connectivity index (χ2v) is 6.40. The summed E-state index contributed by atoms with van der Waals surface area (Å²) in [5, 5.41) is 12.5. The van der Waals surface area contributed by atoms with E-state index in [4.69, 9.17) is 9.84 Å². The summed E-state index contributed by atoms with van der Waals surface area (Å²) in [6.45, 7) is 0. The number of rotatable bonds is 4. The highest BCUT2D eigenvalue weighted by atomic mass is 32.2. The Morgan fingerprint density at radius 1 is 1.21 bits per heavy atom. The number of aliphatic carboxylic acids is 1. The fourth-order valence-corrected chi connectivity index (χ4v) is 3.62. The molecule has 0 radical (unpaired) electrons. The molecular formula is C13H21NO4S. The first-order valence-corrected chi connectivity index (χ1v) is 8.10. The maximum Gasteiger partial charge on any atom is 0.332 e. The van der Waals surface area contributed by atoms with E-state index >= 15 is 0 Å². The van der Waals surface area contributed by atoms with Crippen LogP contribution in [-0.2, 0) is 14.3 Å². The predicted molar refractivity (Wildman–Crippen MR) is 73.2 cm³/mol. The van der Waals surface area contributed by atoms with E-state index in [1.165, 1.54) is 6.42 Å². The van der Waals surface area contributed by atoms with Gasteiger partial charge in [-0.1, -0.05) is 6.42 Å². The number of thioether (sulfide) groups is 1. The van der Waals surface area contributed by atoms with E-state index in [2.05, 4.69) is 11.6 Å². The normalized spacial score (nSPS) is 35.0. The van der Waals surface area contributed by atoms with Gasteiger partial charge >= 0.3 is 5.97 Å². The lowest BCUT2D eigenvalue weighted by atomic mass is 9.94. The lowest BCUT2D eigenvalue weighted by Crippen LogP contribution is -2.44. The Morgan fingerprint density at radius 2 is 1.95 bits per heavy atom. The minimum atomic E-state index is -0.976. The lowest BCUT2D eigenvalue weighted by molar-refractivity contribution is -0.151. The number of carboxylic acids is 1. The predicted octanol–water partition coefficient (Wildman–Crippen LogP) is 1.41. The van der Waals surface area contributed by atoms with Crippen LogP contribution in [0.5, 0.6) is 0 Å². The van der Waals surface area contributed by atoms with Crippen molar-refractivity contribution in [3.63, 3.8) is 0 Å². The zero-order chi connectivity index (χ0) is 13.8. The summed E-state index contributed by atoms with van der Waals surface area (Å²) in [5.74, 6) is -1.12. The van der Waals surface area contributed by atoms with Gasteiger partial charge in [-0.25, -0.2) is 4.79 Å². The molecular weight excluding hydrogens is 266 g/mol. The number of nitrogens with one attached hydrogen (secondary N) is 1. The number of hydrogen-bond acceptors (Lipinski definition) is 4. The summed E-state index contributed by atoms with van der Waals surface area (Å²) >= 11 is 1.85. The molecule has 1 aliphatic heterocycles. The van der Waals surface area contributed by atoms with Crippen molar-refractivity contribution in [2.75, 3.05) is 6.26 Å². The van der Waals surface area contributed by atoms with Crippen LogP contribution in [0.2, 0.25) is 0 Å². The number of carbonyl (C=O) groups is 2. The zero-order valence-electron chi connectivity index (χ0n) is 11.1. The van der Waals surface area contributed by atoms with Gasteiger partial charge in [0.25, 0.3) is 0 Å². The molecule has 0 spiro atoms. The Hall–Kier alpha value is -0.750. The Morgan fingerprint density at radius 3 is 2.58 bits per heavy atom. The van der Waals surface area contributed by atoms with E-state index in [0.29, 0.717) is 18.1 Å². The Bertz CT molecular complexity index is 350. The highest BCUT2D eigenvalue weighted by Gasteiger charge is 2.35. The molecule has 108 valence electrons. The first-order valence-electron chi connectivity index (χ1n) is 6.81. The van der Waals surface area contributed by atoms with Gasteiger partial charge in [0.15, 0.2) is 6.10 Å². The SMILES string of the molecule is CSC1CCCC(NC(=O)[C@@H]2CC[C@H](C(=O)O)O2)C1. The summed E-state index contributed by atoms with van der Waals surface area (Å²) in [5.41, 5.74) is 0. The van der Waals surface area contributed by atoms with Crippen LogP contribution in [0.4, 0.5) is 0 Å². The van der Waals surface area contributed by atoms with Crippen LogP contribution in [-0.4, -0.2) is 46.7 Å². The third kappa shape index (κ3) is 3.86. The molecule has 2 fully saturated rings. The summed E-state index contributed by atoms with van der Waals surface area (Å²) in [4.78, 5) is 22.8. The minimum Gasteiger partial charge on any atom is -0.479 e. The summed E-state index contributed by atoms with van der Waals surface area (Å²) in [6.07, 6.45) is 5.99. The molecule has 1 saturated carbocycles. The number of carboxylic acid groups (broad SMARTS) is 1. The molecule has 19 heavy (non-hydrogen) atoms. The Kier molecular flexibility index (Phi) is 5.10. The van der Waals surface area contributed by atoms with E-state index < -0.39 is 18.2 Å². The van der Waals surface area contributed by atoms with Gasteiger partial charge in [0.05, 0.1) is 0 Å². The molecule has 2 N–H and O–H groups in total. The molecule has 5 nitrogen and oxygen atoms in total. The number of carbonyl (C=O) groups excluding carboxylic acids is 1. The third-order valence-electron chi connectivity index (χ3n) is 3.89. The molecule has 0 aromatic heterocycles. The van der Waals surface area contributed by atoms with Crippen molar-refractivity contribution in [1.29, 1.82) is 0 Å². The van der Waals surface area contributed by atoms with E-state index in [9.17, 15) is 9.59 Å². The fourth-order valence-electron chi connectivity index (χ4n) is 2.80. The van der Waals surface area contributed by atoms with Gasteiger partial charge in [-0.2, -0.15) is 11.8 Å². The number of ether oxygens (including phenoxy) is 1. The van der Waals surface area contributed by atoms with Gasteiger partial charge in [0, 0.05) is 11.3 Å². The Balaban J connectivity index is 1.79. The van der Waals surface area contributed by atoms with Crippen molar-refractivity contribution >= 4 is 23.6 Å². The van der Waals surface area contributed by atoms with Gasteiger partial charge in [-0.05, 0) is 38.4 Å². The van der Waals surface area contributed by atoms with Crippen molar-refractivity contribution in [2.24, 2.45) is 0 Å². The standard InChI is InChI=1S/C13H21NO4S/c1-19-9-4-2-3-8(7-9)14-12(15)10-5-6-11(18-10)13(16)17/h8-11H,2-7H2,1H3,(H,14,15)(H,16,17)/t8?,9?,10-,11+/m0/s1. The average Bonchev–Trinajstić information content (AvgIpc) is 2.89. The van der Waals surface area contributed by atoms with E-state index in [1.54, 1.807) is 0 Å². The topological polar surface area (TPSA) is 75.6 Å². The van der Waals surface area contributed by atoms with Crippen LogP contribution in [0.3, 0.4) is 0 Å². The van der Waals surface area contributed by atoms with E-state index in [-0.39, 0.29) is 11.9 Å². The summed E-state index contributed by atoms with van der Waals surface area (Å²) in [6, 6.07) is 0.214. The summed E-state index contributed by atoms with van der Waals surface area (Å²) < 4.78 is 5.26. The van der Waals surface area contributed by atoms with Crippen LogP contribution in [0.1, 0.15) is 38.5 Å². The molecule has 2 unspecified atom stereocenters. The minimum absolute atomic E-state index is 0.143. The van der Waals surface area contributed by atoms with Crippen molar-refractivity contribution < 1.29 is 19.4 Å². The third-order valence-corrected chi connectivity index (χ3v) is 4.99. The van der Waals surface area contributed by atoms with Crippen LogP contribution in [0.25, 0.3) is 0 Å². The van der Waals surface area contributed by atoms with Gasteiger partial charge in [-0.3, -0.25) is 4.79 Å². The maximum atomic E-state index is 12.0. The number of amides is 1. The van der Waals surface area contributed by atoms with Crippen molar-refractivity contribution in [2.45, 2.75) is 62.0 Å². The largest absolute Gasteiger partial charge is 0.479 e. The van der Waals surface area contributed by atoms with Crippen molar-refractivity contribution in [1.82, 2.24) is 5.32 Å². The first-order chi connectivity index (χ1) is 9.10. The quantitative estimate of drug-likeness (QED) is 0.817. The second-order valence-electron chi connectivity index (χ2n) is 5.26. The first kappa shape index (κ1) is 14.7. The van der Waals surface area contributed by atoms with Crippen LogP contribution >= 0.6 is 11.8 Å². The molecule has 0 bridgehead atoms. The average molecular weight is 287 g/mol. The van der Waals surface area contributed by atoms with E-state index in [0.717, 1.165) is 19.3 Å². The Labute approximate surface area is 117 Å².